The fourth-order valence-corrected chi connectivity index (χ4v) is 2.40. The molecule has 0 aromatic heterocycles. The van der Waals surface area contributed by atoms with Crippen LogP contribution in [0.25, 0.3) is 0 Å². The maximum absolute atomic E-state index is 12.4. The van der Waals surface area contributed by atoms with Crippen molar-refractivity contribution in [2.75, 3.05) is 6.54 Å². The minimum Gasteiger partial charge on any atom is -0.480 e. The van der Waals surface area contributed by atoms with Gasteiger partial charge in [0.05, 0.1) is 0 Å². The maximum atomic E-state index is 12.4. The highest BCUT2D eigenvalue weighted by atomic mass is 16.4. The molecule has 1 rings (SSSR count). The summed E-state index contributed by atoms with van der Waals surface area (Å²) in [6, 6.07) is -2.17. The van der Waals surface area contributed by atoms with E-state index in [1.165, 1.54) is 11.8 Å². The van der Waals surface area contributed by atoms with Crippen LogP contribution >= 0.6 is 0 Å². The molecule has 120 valence electrons. The van der Waals surface area contributed by atoms with Crippen molar-refractivity contribution in [1.29, 1.82) is 0 Å². The molecule has 8 nitrogen and oxygen atoms in total. The van der Waals surface area contributed by atoms with Crippen LogP contribution in [0.3, 0.4) is 0 Å². The van der Waals surface area contributed by atoms with Crippen molar-refractivity contribution in [3.8, 4) is 0 Å². The third kappa shape index (κ3) is 4.15. The highest BCUT2D eigenvalue weighted by Crippen LogP contribution is 2.20. The molecule has 21 heavy (non-hydrogen) atoms. The van der Waals surface area contributed by atoms with Crippen LogP contribution < -0.4 is 16.6 Å². The summed E-state index contributed by atoms with van der Waals surface area (Å²) in [5, 5.41) is 11.2. The lowest BCUT2D eigenvalue weighted by molar-refractivity contribution is -0.144. The number of carboxylic acids is 1. The molecular formula is C13H24N4O4. The zero-order valence-electron chi connectivity index (χ0n) is 12.6. The Hall–Kier alpha value is -1.67. The molecule has 1 heterocycles. The van der Waals surface area contributed by atoms with Crippen LogP contribution in [-0.4, -0.2) is 52.5 Å². The fourth-order valence-electron chi connectivity index (χ4n) is 2.40. The normalized spacial score (nSPS) is 21.2. The molecule has 1 saturated heterocycles. The Labute approximate surface area is 124 Å². The van der Waals surface area contributed by atoms with Gasteiger partial charge in [-0.25, -0.2) is 5.43 Å². The highest BCUT2D eigenvalue weighted by molar-refractivity contribution is 5.92. The molecule has 0 aromatic rings. The predicted molar refractivity (Wildman–Crippen MR) is 75.9 cm³/mol. The zero-order valence-corrected chi connectivity index (χ0v) is 12.6. The second-order valence-electron chi connectivity index (χ2n) is 5.65. The van der Waals surface area contributed by atoms with Gasteiger partial charge in [-0.1, -0.05) is 13.8 Å². The molecular weight excluding hydrogens is 276 g/mol. The Balaban J connectivity index is 2.77. The van der Waals surface area contributed by atoms with E-state index in [9.17, 15) is 14.4 Å². The lowest BCUT2D eigenvalue weighted by Gasteiger charge is -2.29. The lowest BCUT2D eigenvalue weighted by Crippen LogP contribution is -2.56. The molecule has 1 fully saturated rings. The van der Waals surface area contributed by atoms with Gasteiger partial charge >= 0.3 is 5.97 Å². The molecule has 1 aliphatic heterocycles. The molecule has 0 radical (unpaired) electrons. The summed E-state index contributed by atoms with van der Waals surface area (Å²) >= 11 is 0. The summed E-state index contributed by atoms with van der Waals surface area (Å²) in [5.41, 5.74) is 2.48. The molecule has 0 bridgehead atoms. The second kappa shape index (κ2) is 7.37. The van der Waals surface area contributed by atoms with E-state index in [2.05, 4.69) is 10.7 Å². The van der Waals surface area contributed by atoms with E-state index in [-0.39, 0.29) is 11.8 Å². The van der Waals surface area contributed by atoms with Crippen LogP contribution in [-0.2, 0) is 14.4 Å². The molecule has 0 spiro atoms. The smallest absolute Gasteiger partial charge is 0.325 e. The summed E-state index contributed by atoms with van der Waals surface area (Å²) < 4.78 is 0. The summed E-state index contributed by atoms with van der Waals surface area (Å²) in [5.74, 6) is 3.63. The third-order valence-corrected chi connectivity index (χ3v) is 3.68. The van der Waals surface area contributed by atoms with Crippen LogP contribution in [0.1, 0.15) is 33.6 Å². The van der Waals surface area contributed by atoms with Crippen LogP contribution in [0.4, 0.5) is 0 Å². The minimum absolute atomic E-state index is 0.00949. The third-order valence-electron chi connectivity index (χ3n) is 3.68. The average molecular weight is 300 g/mol. The topological polar surface area (TPSA) is 125 Å². The molecule has 0 unspecified atom stereocenters. The number of hydrazine groups is 1. The monoisotopic (exact) mass is 300 g/mol. The number of aliphatic carboxylic acids is 1. The van der Waals surface area contributed by atoms with Gasteiger partial charge in [0.1, 0.15) is 18.1 Å². The summed E-state index contributed by atoms with van der Waals surface area (Å²) in [6.45, 7) is 5.59. The Kier molecular flexibility index (Phi) is 6.10. The van der Waals surface area contributed by atoms with Gasteiger partial charge in [-0.2, -0.15) is 0 Å². The van der Waals surface area contributed by atoms with Gasteiger partial charge in [0.25, 0.3) is 0 Å². The molecule has 5 N–H and O–H groups in total. The first-order valence-electron chi connectivity index (χ1n) is 7.09. The number of carbonyl (C=O) groups is 3. The van der Waals surface area contributed by atoms with Crippen LogP contribution in [0.5, 0.6) is 0 Å². The van der Waals surface area contributed by atoms with Gasteiger partial charge in [-0.05, 0) is 25.7 Å². The van der Waals surface area contributed by atoms with Crippen molar-refractivity contribution >= 4 is 17.8 Å². The first-order chi connectivity index (χ1) is 9.79. The number of nitrogens with zero attached hydrogens (tertiary/aromatic N) is 1. The van der Waals surface area contributed by atoms with E-state index < -0.39 is 30.0 Å². The number of amides is 2. The second-order valence-corrected chi connectivity index (χ2v) is 5.65. The SMILES string of the molecule is CC(C)[C@H](NN)C(=O)N1CCC[C@H]1C(=O)N[C@@H](C)C(=O)O. The number of hydrogen-bond donors (Lipinski definition) is 4. The van der Waals surface area contributed by atoms with Crippen LogP contribution in [0, 0.1) is 5.92 Å². The number of rotatable bonds is 6. The fraction of sp³-hybridized carbons (Fsp3) is 0.769. The summed E-state index contributed by atoms with van der Waals surface area (Å²) in [4.78, 5) is 36.8. The Morgan fingerprint density at radius 2 is 1.90 bits per heavy atom. The van der Waals surface area contributed by atoms with E-state index in [4.69, 9.17) is 10.9 Å². The van der Waals surface area contributed by atoms with Crippen molar-refractivity contribution in [2.24, 2.45) is 11.8 Å². The van der Waals surface area contributed by atoms with Gasteiger partial charge in [0.2, 0.25) is 11.8 Å². The number of carboxylic acid groups (broad SMARTS) is 1. The Bertz CT molecular complexity index is 413. The van der Waals surface area contributed by atoms with E-state index in [1.807, 2.05) is 13.8 Å². The van der Waals surface area contributed by atoms with Crippen molar-refractivity contribution in [3.63, 3.8) is 0 Å². The van der Waals surface area contributed by atoms with Crippen molar-refractivity contribution in [2.45, 2.75) is 51.7 Å². The minimum atomic E-state index is -1.11. The first-order valence-corrected chi connectivity index (χ1v) is 7.09. The standard InChI is InChI=1S/C13H24N4O4/c1-7(2)10(16-14)12(19)17-6-4-5-9(17)11(18)15-8(3)13(20)21/h7-10,16H,4-6,14H2,1-3H3,(H,15,18)(H,20,21)/t8-,9-,10-/m0/s1. The largest absolute Gasteiger partial charge is 0.480 e. The van der Waals surface area contributed by atoms with Gasteiger partial charge in [-0.15, -0.1) is 0 Å². The van der Waals surface area contributed by atoms with Crippen LogP contribution in [0.15, 0.2) is 0 Å². The van der Waals surface area contributed by atoms with E-state index >= 15 is 0 Å². The van der Waals surface area contributed by atoms with E-state index in [1.54, 1.807) is 0 Å². The number of nitrogens with one attached hydrogen (secondary N) is 2. The average Bonchev–Trinajstić information content (AvgIpc) is 2.87. The van der Waals surface area contributed by atoms with Crippen molar-refractivity contribution < 1.29 is 19.5 Å². The van der Waals surface area contributed by atoms with Crippen molar-refractivity contribution in [1.82, 2.24) is 15.6 Å². The summed E-state index contributed by atoms with van der Waals surface area (Å²) in [6.07, 6.45) is 1.24. The van der Waals surface area contributed by atoms with Gasteiger partial charge < -0.3 is 15.3 Å². The number of carbonyl (C=O) groups excluding carboxylic acids is 2. The maximum Gasteiger partial charge on any atom is 0.325 e. The van der Waals surface area contributed by atoms with Gasteiger partial charge in [-0.3, -0.25) is 20.2 Å². The Morgan fingerprint density at radius 3 is 2.38 bits per heavy atom. The Morgan fingerprint density at radius 1 is 1.29 bits per heavy atom. The molecule has 8 heteroatoms. The first kappa shape index (κ1) is 17.4. The van der Waals surface area contributed by atoms with E-state index in [0.29, 0.717) is 19.4 Å². The lowest BCUT2D eigenvalue weighted by atomic mass is 10.0. The van der Waals surface area contributed by atoms with Crippen molar-refractivity contribution in [3.05, 3.63) is 0 Å². The van der Waals surface area contributed by atoms with Crippen LogP contribution in [0.2, 0.25) is 0 Å². The number of hydrogen-bond acceptors (Lipinski definition) is 5. The molecule has 0 aliphatic carbocycles. The zero-order chi connectivity index (χ0) is 16.2. The van der Waals surface area contributed by atoms with Gasteiger partial charge in [0, 0.05) is 6.54 Å². The highest BCUT2D eigenvalue weighted by Gasteiger charge is 2.38. The number of nitrogens with two attached hydrogens (primary N) is 1. The molecule has 2 amide bonds. The summed E-state index contributed by atoms with van der Waals surface area (Å²) in [7, 11) is 0. The van der Waals surface area contributed by atoms with Gasteiger partial charge in [0.15, 0.2) is 0 Å². The van der Waals surface area contributed by atoms with E-state index in [0.717, 1.165) is 0 Å². The molecule has 1 aliphatic rings. The number of likely N-dealkylation sites (tertiary alicyclic amines) is 1. The molecule has 0 aromatic carbocycles. The molecule has 3 atom stereocenters. The quantitative estimate of drug-likeness (QED) is 0.370. The predicted octanol–water partition coefficient (Wildman–Crippen LogP) is -0.945. The molecule has 0 saturated carbocycles.